The topological polar surface area (TPSA) is 58.2 Å². The predicted molar refractivity (Wildman–Crippen MR) is 138 cm³/mol. The Labute approximate surface area is 200 Å². The molecule has 4 aromatic rings. The van der Waals surface area contributed by atoms with Gasteiger partial charge in [0, 0.05) is 12.1 Å². The van der Waals surface area contributed by atoms with Crippen LogP contribution < -0.4 is 10.6 Å². The van der Waals surface area contributed by atoms with Crippen molar-refractivity contribution in [2.24, 2.45) is 0 Å². The van der Waals surface area contributed by atoms with E-state index in [0.717, 1.165) is 16.7 Å². The molecule has 2 N–H and O–H groups in total. The number of rotatable bonds is 7. The minimum Gasteiger partial charge on any atom is -0.348 e. The zero-order valence-corrected chi connectivity index (χ0v) is 19.0. The van der Waals surface area contributed by atoms with Gasteiger partial charge in [-0.15, -0.1) is 0 Å². The molecule has 0 saturated heterocycles. The molecule has 0 aliphatic heterocycles. The summed E-state index contributed by atoms with van der Waals surface area (Å²) in [5.74, 6) is -0.529. The van der Waals surface area contributed by atoms with Gasteiger partial charge in [-0.2, -0.15) is 0 Å². The van der Waals surface area contributed by atoms with Crippen LogP contribution in [0.2, 0.25) is 0 Å². The highest BCUT2D eigenvalue weighted by Gasteiger charge is 2.17. The highest BCUT2D eigenvalue weighted by molar-refractivity contribution is 6.29. The van der Waals surface area contributed by atoms with Gasteiger partial charge in [0.2, 0.25) is 0 Å². The molecule has 0 radical (unpaired) electrons. The van der Waals surface area contributed by atoms with E-state index in [0.29, 0.717) is 23.4 Å². The third kappa shape index (κ3) is 5.87. The summed E-state index contributed by atoms with van der Waals surface area (Å²) < 4.78 is 0. The number of amides is 2. The first kappa shape index (κ1) is 22.7. The minimum atomic E-state index is -0.283. The van der Waals surface area contributed by atoms with Crippen LogP contribution in [0.1, 0.15) is 32.6 Å². The Morgan fingerprint density at radius 2 is 1.35 bits per heavy atom. The maximum absolute atomic E-state index is 13.4. The van der Waals surface area contributed by atoms with Crippen LogP contribution in [0, 0.1) is 6.92 Å². The fourth-order valence-electron chi connectivity index (χ4n) is 3.58. The summed E-state index contributed by atoms with van der Waals surface area (Å²) in [7, 11) is 0. The molecule has 0 spiro atoms. The molecule has 4 rings (SSSR count). The zero-order chi connectivity index (χ0) is 23.8. The first-order valence-corrected chi connectivity index (χ1v) is 11.2. The molecule has 0 aromatic heterocycles. The average Bonchev–Trinajstić information content (AvgIpc) is 2.88. The Bertz CT molecular complexity index is 1290. The largest absolute Gasteiger partial charge is 0.348 e. The monoisotopic (exact) mass is 446 g/mol. The fraction of sp³-hybridized carbons (Fsp3) is 0.0667. The highest BCUT2D eigenvalue weighted by Crippen LogP contribution is 2.22. The van der Waals surface area contributed by atoms with Crippen LogP contribution >= 0.6 is 0 Å². The Hall–Kier alpha value is -4.44. The van der Waals surface area contributed by atoms with E-state index in [1.165, 1.54) is 5.56 Å². The molecule has 0 bridgehead atoms. The van der Waals surface area contributed by atoms with E-state index in [4.69, 9.17) is 0 Å². The highest BCUT2D eigenvalue weighted by atomic mass is 16.2. The Kier molecular flexibility index (Phi) is 7.31. The molecule has 0 heterocycles. The van der Waals surface area contributed by atoms with E-state index in [9.17, 15) is 9.59 Å². The molecule has 4 nitrogen and oxygen atoms in total. The van der Waals surface area contributed by atoms with E-state index < -0.39 is 0 Å². The van der Waals surface area contributed by atoms with Crippen molar-refractivity contribution in [1.29, 1.82) is 0 Å². The van der Waals surface area contributed by atoms with Gasteiger partial charge in [0.05, 0.1) is 11.3 Å². The summed E-state index contributed by atoms with van der Waals surface area (Å²) in [6.07, 6.45) is 1.85. The Morgan fingerprint density at radius 3 is 2.06 bits per heavy atom. The average molecular weight is 447 g/mol. The van der Waals surface area contributed by atoms with Crippen molar-refractivity contribution in [3.63, 3.8) is 0 Å². The lowest BCUT2D eigenvalue weighted by atomic mass is 10.0. The van der Waals surface area contributed by atoms with Gasteiger partial charge in [0.15, 0.2) is 0 Å². The van der Waals surface area contributed by atoms with Crippen LogP contribution in [-0.2, 0) is 11.3 Å². The Morgan fingerprint density at radius 1 is 0.735 bits per heavy atom. The molecule has 0 aliphatic carbocycles. The maximum Gasteiger partial charge on any atom is 0.256 e. The molecule has 0 atom stereocenters. The predicted octanol–water partition coefficient (Wildman–Crippen LogP) is 6.10. The van der Waals surface area contributed by atoms with Crippen molar-refractivity contribution in [1.82, 2.24) is 5.32 Å². The number of anilines is 1. The van der Waals surface area contributed by atoms with Gasteiger partial charge < -0.3 is 10.6 Å². The molecule has 4 aromatic carbocycles. The summed E-state index contributed by atoms with van der Waals surface area (Å²) in [6, 6.07) is 34.2. The van der Waals surface area contributed by atoms with Gasteiger partial charge >= 0.3 is 0 Å². The standard InChI is InChI=1S/C30H26N2O2/c1-22-16-18-24(19-17-22)21-31-29(33)26-14-8-9-15-28(26)32-30(34)27(25-12-6-3-7-13-25)20-23-10-4-2-5-11-23/h2-20H,21H2,1H3,(H,31,33)(H,32,34)/b27-20+. The van der Waals surface area contributed by atoms with E-state index in [1.807, 2.05) is 97.9 Å². The van der Waals surface area contributed by atoms with Crippen LogP contribution in [0.25, 0.3) is 11.6 Å². The van der Waals surface area contributed by atoms with E-state index in [1.54, 1.807) is 24.3 Å². The lowest BCUT2D eigenvalue weighted by Crippen LogP contribution is -2.25. The zero-order valence-electron chi connectivity index (χ0n) is 19.0. The maximum atomic E-state index is 13.4. The lowest BCUT2D eigenvalue weighted by molar-refractivity contribution is -0.111. The molecular formula is C30H26N2O2. The van der Waals surface area contributed by atoms with Gasteiger partial charge in [-0.3, -0.25) is 9.59 Å². The van der Waals surface area contributed by atoms with Crippen molar-refractivity contribution >= 4 is 29.2 Å². The molecular weight excluding hydrogens is 420 g/mol. The van der Waals surface area contributed by atoms with Crippen LogP contribution in [0.4, 0.5) is 5.69 Å². The van der Waals surface area contributed by atoms with E-state index in [2.05, 4.69) is 10.6 Å². The van der Waals surface area contributed by atoms with Crippen molar-refractivity contribution in [2.75, 3.05) is 5.32 Å². The Balaban J connectivity index is 1.56. The minimum absolute atomic E-state index is 0.246. The molecule has 4 heteroatoms. The summed E-state index contributed by atoms with van der Waals surface area (Å²) in [6.45, 7) is 2.43. The molecule has 0 fully saturated rings. The third-order valence-corrected chi connectivity index (χ3v) is 5.43. The normalized spacial score (nSPS) is 11.0. The number of benzene rings is 4. The summed E-state index contributed by atoms with van der Waals surface area (Å²) in [5.41, 5.74) is 5.28. The SMILES string of the molecule is Cc1ccc(CNC(=O)c2ccccc2NC(=O)/C(=C/c2ccccc2)c2ccccc2)cc1. The van der Waals surface area contributed by atoms with Gasteiger partial charge in [-0.05, 0) is 41.8 Å². The molecule has 34 heavy (non-hydrogen) atoms. The van der Waals surface area contributed by atoms with Crippen molar-refractivity contribution < 1.29 is 9.59 Å². The van der Waals surface area contributed by atoms with Crippen molar-refractivity contribution in [2.45, 2.75) is 13.5 Å². The lowest BCUT2D eigenvalue weighted by Gasteiger charge is -2.14. The number of carbonyl (C=O) groups excluding carboxylic acids is 2. The van der Waals surface area contributed by atoms with E-state index in [-0.39, 0.29) is 11.8 Å². The van der Waals surface area contributed by atoms with Crippen LogP contribution in [0.5, 0.6) is 0 Å². The van der Waals surface area contributed by atoms with Gasteiger partial charge in [-0.1, -0.05) is 103 Å². The molecule has 0 aliphatic rings. The van der Waals surface area contributed by atoms with Crippen LogP contribution in [0.3, 0.4) is 0 Å². The number of nitrogens with one attached hydrogen (secondary N) is 2. The quantitative estimate of drug-likeness (QED) is 0.266. The fourth-order valence-corrected chi connectivity index (χ4v) is 3.58. The molecule has 0 saturated carbocycles. The van der Waals surface area contributed by atoms with Crippen LogP contribution in [-0.4, -0.2) is 11.8 Å². The second-order valence-electron chi connectivity index (χ2n) is 8.00. The number of hydrogen-bond acceptors (Lipinski definition) is 2. The molecule has 168 valence electrons. The van der Waals surface area contributed by atoms with Gasteiger partial charge in [0.25, 0.3) is 11.8 Å². The van der Waals surface area contributed by atoms with Crippen LogP contribution in [0.15, 0.2) is 109 Å². The number of carbonyl (C=O) groups is 2. The number of para-hydroxylation sites is 1. The van der Waals surface area contributed by atoms with Gasteiger partial charge in [-0.25, -0.2) is 0 Å². The summed E-state index contributed by atoms with van der Waals surface area (Å²) in [5, 5.41) is 5.89. The van der Waals surface area contributed by atoms with Crippen molar-refractivity contribution in [3.05, 3.63) is 137 Å². The van der Waals surface area contributed by atoms with Gasteiger partial charge in [0.1, 0.15) is 0 Å². The number of aryl methyl sites for hydroxylation is 1. The second kappa shape index (κ2) is 10.9. The summed E-state index contributed by atoms with van der Waals surface area (Å²) in [4.78, 5) is 26.3. The third-order valence-electron chi connectivity index (χ3n) is 5.43. The number of hydrogen-bond donors (Lipinski definition) is 2. The van der Waals surface area contributed by atoms with Crippen molar-refractivity contribution in [3.8, 4) is 0 Å². The second-order valence-corrected chi connectivity index (χ2v) is 8.00. The molecule has 0 unspecified atom stereocenters. The summed E-state index contributed by atoms with van der Waals surface area (Å²) >= 11 is 0. The first-order valence-electron chi connectivity index (χ1n) is 11.2. The first-order chi connectivity index (χ1) is 16.6. The molecule has 2 amide bonds. The van der Waals surface area contributed by atoms with E-state index >= 15 is 0 Å². The smallest absolute Gasteiger partial charge is 0.256 e.